The predicted octanol–water partition coefficient (Wildman–Crippen LogP) is 2.85. The van der Waals surface area contributed by atoms with E-state index in [0.29, 0.717) is 29.9 Å². The lowest BCUT2D eigenvalue weighted by molar-refractivity contribution is -0.116. The fourth-order valence-corrected chi connectivity index (χ4v) is 5.01. The molecular formula is C19H25N3O4S2. The van der Waals surface area contributed by atoms with Gasteiger partial charge in [0.2, 0.25) is 15.9 Å². The van der Waals surface area contributed by atoms with E-state index in [1.807, 2.05) is 5.38 Å². The number of benzene rings is 1. The summed E-state index contributed by atoms with van der Waals surface area (Å²) in [6, 6.07) is 6.53. The maximum absolute atomic E-state index is 12.8. The lowest BCUT2D eigenvalue weighted by Gasteiger charge is -2.20. The molecule has 1 aromatic heterocycles. The average Bonchev–Trinajstić information content (AvgIpc) is 3.18. The number of hydrogen-bond donors (Lipinski definition) is 2. The van der Waals surface area contributed by atoms with Gasteiger partial charge < -0.3 is 10.6 Å². The zero-order valence-electron chi connectivity index (χ0n) is 16.2. The highest BCUT2D eigenvalue weighted by Gasteiger charge is 2.24. The van der Waals surface area contributed by atoms with Gasteiger partial charge in [-0.25, -0.2) is 8.42 Å². The van der Waals surface area contributed by atoms with Crippen LogP contribution in [-0.2, 0) is 14.8 Å². The van der Waals surface area contributed by atoms with Gasteiger partial charge in [-0.3, -0.25) is 9.59 Å². The molecule has 2 N–H and O–H groups in total. The second-order valence-electron chi connectivity index (χ2n) is 6.14. The summed E-state index contributed by atoms with van der Waals surface area (Å²) in [7, 11) is -3.62. The molecule has 0 saturated carbocycles. The number of carbonyl (C=O) groups excluding carboxylic acids is 2. The van der Waals surface area contributed by atoms with E-state index in [1.165, 1.54) is 21.7 Å². The zero-order chi connectivity index (χ0) is 20.7. The monoisotopic (exact) mass is 423 g/mol. The SMILES string of the molecule is CCN(CC)S(=O)(=O)c1cc(NC(=O)CCNC(=O)c2ccsc2)ccc1C. The Hall–Kier alpha value is -2.23. The van der Waals surface area contributed by atoms with E-state index >= 15 is 0 Å². The number of anilines is 1. The molecule has 1 heterocycles. The van der Waals surface area contributed by atoms with Crippen LogP contribution in [0.4, 0.5) is 5.69 Å². The highest BCUT2D eigenvalue weighted by Crippen LogP contribution is 2.23. The van der Waals surface area contributed by atoms with Crippen LogP contribution in [0.1, 0.15) is 36.2 Å². The van der Waals surface area contributed by atoms with E-state index in [1.54, 1.807) is 44.4 Å². The van der Waals surface area contributed by atoms with Crippen molar-refractivity contribution in [2.24, 2.45) is 0 Å². The Morgan fingerprint density at radius 3 is 2.46 bits per heavy atom. The molecule has 2 amide bonds. The fraction of sp³-hybridized carbons (Fsp3) is 0.368. The standard InChI is InChI=1S/C19H25N3O4S2/c1-4-22(5-2)28(25,26)17-12-16(7-6-14(17)3)21-18(23)8-10-20-19(24)15-9-11-27-13-15/h6-7,9,11-13H,4-5,8,10H2,1-3H3,(H,20,24)(H,21,23). The Kier molecular flexibility index (Phi) is 7.73. The number of sulfonamides is 1. The lowest BCUT2D eigenvalue weighted by atomic mass is 10.2. The molecule has 0 bridgehead atoms. The maximum Gasteiger partial charge on any atom is 0.252 e. The molecule has 1 aromatic carbocycles. The molecule has 9 heteroatoms. The number of amides is 2. The van der Waals surface area contributed by atoms with Crippen LogP contribution in [0.5, 0.6) is 0 Å². The summed E-state index contributed by atoms with van der Waals surface area (Å²) >= 11 is 1.43. The normalized spacial score (nSPS) is 11.4. The van der Waals surface area contributed by atoms with Crippen LogP contribution in [0.2, 0.25) is 0 Å². The van der Waals surface area contributed by atoms with Crippen LogP contribution >= 0.6 is 11.3 Å². The smallest absolute Gasteiger partial charge is 0.252 e. The van der Waals surface area contributed by atoms with Gasteiger partial charge >= 0.3 is 0 Å². The molecule has 28 heavy (non-hydrogen) atoms. The lowest BCUT2D eigenvalue weighted by Crippen LogP contribution is -2.31. The van der Waals surface area contributed by atoms with Crippen molar-refractivity contribution in [2.75, 3.05) is 25.0 Å². The van der Waals surface area contributed by atoms with Gasteiger partial charge in [0.25, 0.3) is 5.91 Å². The van der Waals surface area contributed by atoms with Gasteiger partial charge in [0.05, 0.1) is 4.90 Å². The molecule has 0 aliphatic rings. The van der Waals surface area contributed by atoms with Crippen molar-refractivity contribution in [1.82, 2.24) is 9.62 Å². The van der Waals surface area contributed by atoms with E-state index < -0.39 is 10.0 Å². The van der Waals surface area contributed by atoms with Crippen molar-refractivity contribution in [3.05, 3.63) is 46.2 Å². The molecule has 0 saturated heterocycles. The van der Waals surface area contributed by atoms with E-state index in [4.69, 9.17) is 0 Å². The first-order valence-corrected chi connectivity index (χ1v) is 11.4. The second-order valence-corrected chi connectivity index (χ2v) is 8.82. The molecule has 2 rings (SSSR count). The van der Waals surface area contributed by atoms with Gasteiger partial charge in [0.1, 0.15) is 0 Å². The number of aryl methyl sites for hydroxylation is 1. The van der Waals surface area contributed by atoms with Crippen LogP contribution in [0.25, 0.3) is 0 Å². The third kappa shape index (κ3) is 5.40. The molecule has 0 spiro atoms. The maximum atomic E-state index is 12.8. The van der Waals surface area contributed by atoms with Crippen LogP contribution < -0.4 is 10.6 Å². The Morgan fingerprint density at radius 1 is 1.14 bits per heavy atom. The van der Waals surface area contributed by atoms with Gasteiger partial charge in [0.15, 0.2) is 0 Å². The van der Waals surface area contributed by atoms with Crippen molar-refractivity contribution in [1.29, 1.82) is 0 Å². The number of nitrogens with zero attached hydrogens (tertiary/aromatic N) is 1. The van der Waals surface area contributed by atoms with Crippen LogP contribution in [0.15, 0.2) is 39.9 Å². The molecule has 0 unspecified atom stereocenters. The number of nitrogens with one attached hydrogen (secondary N) is 2. The summed E-state index contributed by atoms with van der Waals surface area (Å²) in [4.78, 5) is 24.2. The van der Waals surface area contributed by atoms with E-state index in [-0.39, 0.29) is 29.7 Å². The molecule has 2 aromatic rings. The minimum absolute atomic E-state index is 0.0852. The average molecular weight is 424 g/mol. The highest BCUT2D eigenvalue weighted by atomic mass is 32.2. The summed E-state index contributed by atoms with van der Waals surface area (Å²) in [6.45, 7) is 6.23. The Morgan fingerprint density at radius 2 is 1.86 bits per heavy atom. The summed E-state index contributed by atoms with van der Waals surface area (Å²) < 4.78 is 26.9. The Balaban J connectivity index is 2.00. The number of rotatable bonds is 9. The van der Waals surface area contributed by atoms with Crippen molar-refractivity contribution in [2.45, 2.75) is 32.1 Å². The van der Waals surface area contributed by atoms with Gasteiger partial charge in [-0.15, -0.1) is 0 Å². The summed E-state index contributed by atoms with van der Waals surface area (Å²) in [5, 5.41) is 8.92. The van der Waals surface area contributed by atoms with E-state index in [0.717, 1.165) is 0 Å². The van der Waals surface area contributed by atoms with E-state index in [9.17, 15) is 18.0 Å². The highest BCUT2D eigenvalue weighted by molar-refractivity contribution is 7.89. The fourth-order valence-electron chi connectivity index (χ4n) is 2.67. The first kappa shape index (κ1) is 22.1. The summed E-state index contributed by atoms with van der Waals surface area (Å²) in [5.74, 6) is -0.530. The zero-order valence-corrected chi connectivity index (χ0v) is 17.8. The molecule has 0 aliphatic carbocycles. The Bertz CT molecular complexity index is 921. The first-order valence-electron chi connectivity index (χ1n) is 9.00. The van der Waals surface area contributed by atoms with Crippen LogP contribution in [-0.4, -0.2) is 44.2 Å². The van der Waals surface area contributed by atoms with Gasteiger partial charge in [-0.05, 0) is 36.1 Å². The molecule has 0 aliphatic heterocycles. The predicted molar refractivity (Wildman–Crippen MR) is 111 cm³/mol. The van der Waals surface area contributed by atoms with Gasteiger partial charge in [-0.1, -0.05) is 19.9 Å². The molecular weight excluding hydrogens is 398 g/mol. The first-order chi connectivity index (χ1) is 13.3. The van der Waals surface area contributed by atoms with Crippen LogP contribution in [0, 0.1) is 6.92 Å². The largest absolute Gasteiger partial charge is 0.351 e. The van der Waals surface area contributed by atoms with Crippen molar-refractivity contribution >= 4 is 38.9 Å². The number of carbonyl (C=O) groups is 2. The van der Waals surface area contributed by atoms with Crippen molar-refractivity contribution in [3.8, 4) is 0 Å². The van der Waals surface area contributed by atoms with Crippen LogP contribution in [0.3, 0.4) is 0 Å². The third-order valence-corrected chi connectivity index (χ3v) is 7.09. The minimum Gasteiger partial charge on any atom is -0.351 e. The van der Waals surface area contributed by atoms with Gasteiger partial charge in [0, 0.05) is 42.7 Å². The quantitative estimate of drug-likeness (QED) is 0.648. The van der Waals surface area contributed by atoms with Crippen molar-refractivity contribution < 1.29 is 18.0 Å². The summed E-state index contributed by atoms with van der Waals surface area (Å²) in [6.07, 6.45) is 0.0852. The molecule has 0 fully saturated rings. The number of thiophene rings is 1. The molecule has 7 nitrogen and oxygen atoms in total. The third-order valence-electron chi connectivity index (χ3n) is 4.22. The minimum atomic E-state index is -3.62. The van der Waals surface area contributed by atoms with E-state index in [2.05, 4.69) is 10.6 Å². The molecule has 0 radical (unpaired) electrons. The van der Waals surface area contributed by atoms with Gasteiger partial charge in [-0.2, -0.15) is 15.6 Å². The second kappa shape index (κ2) is 9.81. The number of hydrogen-bond acceptors (Lipinski definition) is 5. The molecule has 152 valence electrons. The summed E-state index contributed by atoms with van der Waals surface area (Å²) in [5.41, 5.74) is 1.59. The van der Waals surface area contributed by atoms with Crippen molar-refractivity contribution in [3.63, 3.8) is 0 Å². The topological polar surface area (TPSA) is 95.6 Å². The molecule has 0 atom stereocenters. The Labute approximate surface area is 169 Å².